The quantitative estimate of drug-likeness (QED) is 0.732. The summed E-state index contributed by atoms with van der Waals surface area (Å²) in [4.78, 5) is 2.37. The van der Waals surface area contributed by atoms with Crippen molar-refractivity contribution in [2.45, 2.75) is 20.8 Å². The van der Waals surface area contributed by atoms with Gasteiger partial charge in [0.15, 0.2) is 0 Å². The summed E-state index contributed by atoms with van der Waals surface area (Å²) in [6, 6.07) is 2.28. The van der Waals surface area contributed by atoms with Gasteiger partial charge in [-0.05, 0) is 24.8 Å². The van der Waals surface area contributed by atoms with Gasteiger partial charge in [0.2, 0.25) is 0 Å². The van der Waals surface area contributed by atoms with Crippen LogP contribution in [0.3, 0.4) is 0 Å². The van der Waals surface area contributed by atoms with Gasteiger partial charge in [-0.25, -0.2) is 0 Å². The second-order valence-corrected chi connectivity index (χ2v) is 4.98. The molecule has 1 rings (SSSR count). The van der Waals surface area contributed by atoms with Gasteiger partial charge in [-0.1, -0.05) is 13.8 Å². The molecule has 0 spiro atoms. The van der Waals surface area contributed by atoms with Crippen LogP contribution in [-0.4, -0.2) is 31.1 Å². The van der Waals surface area contributed by atoms with E-state index < -0.39 is 0 Å². The molecule has 0 aromatic heterocycles. The molecule has 0 aromatic carbocycles. The van der Waals surface area contributed by atoms with Gasteiger partial charge in [0.25, 0.3) is 0 Å². The molecule has 1 aliphatic rings. The first kappa shape index (κ1) is 11.5. The van der Waals surface area contributed by atoms with Gasteiger partial charge in [-0.3, -0.25) is 0 Å². The zero-order valence-electron chi connectivity index (χ0n) is 9.45. The molecule has 0 amide bonds. The predicted octanol–water partition coefficient (Wildman–Crippen LogP) is 1.06. The van der Waals surface area contributed by atoms with E-state index in [2.05, 4.69) is 24.8 Å². The third-order valence-electron chi connectivity index (χ3n) is 3.53. The lowest BCUT2D eigenvalue weighted by molar-refractivity contribution is 0.254. The highest BCUT2D eigenvalue weighted by Gasteiger charge is 2.39. The highest BCUT2D eigenvalue weighted by atomic mass is 15.2. The number of nitrogens with zero attached hydrogens (tertiary/aromatic N) is 2. The van der Waals surface area contributed by atoms with Crippen LogP contribution >= 0.6 is 0 Å². The molecule has 0 aromatic rings. The first-order valence-corrected chi connectivity index (χ1v) is 5.34. The van der Waals surface area contributed by atoms with Crippen molar-refractivity contribution in [2.75, 3.05) is 26.2 Å². The summed E-state index contributed by atoms with van der Waals surface area (Å²) in [6.45, 7) is 10.2. The molecular weight excluding hydrogens is 174 g/mol. The molecule has 0 radical (unpaired) electrons. The number of likely N-dealkylation sites (tertiary alicyclic amines) is 1. The lowest BCUT2D eigenvalue weighted by Gasteiger charge is -2.26. The van der Waals surface area contributed by atoms with E-state index in [0.717, 1.165) is 26.2 Å². The molecule has 3 unspecified atom stereocenters. The number of hydrogen-bond donors (Lipinski definition) is 1. The molecule has 1 heterocycles. The molecule has 0 bridgehead atoms. The molecule has 0 saturated carbocycles. The maximum Gasteiger partial charge on any atom is 0.0666 e. The third-order valence-corrected chi connectivity index (χ3v) is 3.53. The van der Waals surface area contributed by atoms with Gasteiger partial charge in [-0.15, -0.1) is 0 Å². The SMILES string of the molecule is CC(C#N)CN1CC(C)C(C)(CN)C1. The van der Waals surface area contributed by atoms with Crippen LogP contribution in [0, 0.1) is 28.6 Å². The summed E-state index contributed by atoms with van der Waals surface area (Å²) >= 11 is 0. The molecule has 80 valence electrons. The van der Waals surface area contributed by atoms with Crippen molar-refractivity contribution in [3.05, 3.63) is 0 Å². The lowest BCUT2D eigenvalue weighted by Crippen LogP contribution is -2.35. The zero-order chi connectivity index (χ0) is 10.8. The highest BCUT2D eigenvalue weighted by molar-refractivity contribution is 4.94. The molecule has 1 fully saturated rings. The topological polar surface area (TPSA) is 53.0 Å². The van der Waals surface area contributed by atoms with Gasteiger partial charge >= 0.3 is 0 Å². The summed E-state index contributed by atoms with van der Waals surface area (Å²) in [7, 11) is 0. The van der Waals surface area contributed by atoms with E-state index in [1.54, 1.807) is 0 Å². The maximum absolute atomic E-state index is 8.75. The van der Waals surface area contributed by atoms with Crippen molar-refractivity contribution in [1.29, 1.82) is 5.26 Å². The Balaban J connectivity index is 2.52. The standard InChI is InChI=1S/C11H21N3/c1-9(4-12)5-14-6-10(2)11(3,7-13)8-14/h9-10H,5-8,13H2,1-3H3. The summed E-state index contributed by atoms with van der Waals surface area (Å²) in [5, 5.41) is 8.75. The Morgan fingerprint density at radius 2 is 2.36 bits per heavy atom. The molecular formula is C11H21N3. The van der Waals surface area contributed by atoms with E-state index in [4.69, 9.17) is 11.0 Å². The van der Waals surface area contributed by atoms with Gasteiger partial charge in [0.1, 0.15) is 0 Å². The summed E-state index contributed by atoms with van der Waals surface area (Å²) < 4.78 is 0. The van der Waals surface area contributed by atoms with Crippen LogP contribution < -0.4 is 5.73 Å². The van der Waals surface area contributed by atoms with E-state index in [9.17, 15) is 0 Å². The van der Waals surface area contributed by atoms with Crippen LogP contribution in [0.25, 0.3) is 0 Å². The monoisotopic (exact) mass is 195 g/mol. The maximum atomic E-state index is 8.75. The molecule has 3 nitrogen and oxygen atoms in total. The van der Waals surface area contributed by atoms with Crippen molar-refractivity contribution < 1.29 is 0 Å². The van der Waals surface area contributed by atoms with E-state index in [1.807, 2.05) is 6.92 Å². The Labute approximate surface area is 86.9 Å². The Hall–Kier alpha value is -0.590. The van der Waals surface area contributed by atoms with Crippen LogP contribution in [0.1, 0.15) is 20.8 Å². The Bertz CT molecular complexity index is 233. The van der Waals surface area contributed by atoms with E-state index in [-0.39, 0.29) is 11.3 Å². The van der Waals surface area contributed by atoms with Crippen molar-refractivity contribution in [1.82, 2.24) is 4.90 Å². The molecule has 0 aliphatic carbocycles. The van der Waals surface area contributed by atoms with Crippen molar-refractivity contribution >= 4 is 0 Å². The minimum Gasteiger partial charge on any atom is -0.330 e. The van der Waals surface area contributed by atoms with E-state index >= 15 is 0 Å². The average Bonchev–Trinajstić information content (AvgIpc) is 2.43. The van der Waals surface area contributed by atoms with Crippen LogP contribution in [0.5, 0.6) is 0 Å². The van der Waals surface area contributed by atoms with E-state index in [1.165, 1.54) is 0 Å². The van der Waals surface area contributed by atoms with Crippen LogP contribution in [-0.2, 0) is 0 Å². The number of nitriles is 1. The highest BCUT2D eigenvalue weighted by Crippen LogP contribution is 2.34. The fourth-order valence-electron chi connectivity index (χ4n) is 2.17. The Morgan fingerprint density at radius 3 is 2.79 bits per heavy atom. The second-order valence-electron chi connectivity index (χ2n) is 4.98. The summed E-state index contributed by atoms with van der Waals surface area (Å²) in [5.74, 6) is 0.765. The molecule has 2 N–H and O–H groups in total. The van der Waals surface area contributed by atoms with E-state index in [0.29, 0.717) is 5.92 Å². The molecule has 1 saturated heterocycles. The van der Waals surface area contributed by atoms with Crippen LogP contribution in [0.2, 0.25) is 0 Å². The average molecular weight is 195 g/mol. The smallest absolute Gasteiger partial charge is 0.0666 e. The first-order chi connectivity index (χ1) is 6.51. The lowest BCUT2D eigenvalue weighted by atomic mass is 9.81. The first-order valence-electron chi connectivity index (χ1n) is 5.34. The second kappa shape index (κ2) is 4.29. The predicted molar refractivity (Wildman–Crippen MR) is 57.5 cm³/mol. The molecule has 14 heavy (non-hydrogen) atoms. The van der Waals surface area contributed by atoms with Gasteiger partial charge < -0.3 is 10.6 Å². The zero-order valence-corrected chi connectivity index (χ0v) is 9.45. The summed E-state index contributed by atoms with van der Waals surface area (Å²) in [5.41, 5.74) is 6.04. The fraction of sp³-hybridized carbons (Fsp3) is 0.909. The number of hydrogen-bond acceptors (Lipinski definition) is 3. The van der Waals surface area contributed by atoms with Crippen LogP contribution in [0.15, 0.2) is 0 Å². The van der Waals surface area contributed by atoms with Crippen LogP contribution in [0.4, 0.5) is 0 Å². The van der Waals surface area contributed by atoms with Gasteiger partial charge in [0, 0.05) is 19.6 Å². The number of nitrogens with two attached hydrogens (primary N) is 1. The fourth-order valence-corrected chi connectivity index (χ4v) is 2.17. The molecule has 3 atom stereocenters. The minimum atomic E-state index is 0.127. The van der Waals surface area contributed by atoms with Crippen molar-refractivity contribution in [2.24, 2.45) is 23.0 Å². The summed E-state index contributed by atoms with van der Waals surface area (Å²) in [6.07, 6.45) is 0. The Morgan fingerprint density at radius 1 is 1.71 bits per heavy atom. The minimum absolute atomic E-state index is 0.127. The third kappa shape index (κ3) is 2.26. The van der Waals surface area contributed by atoms with Crippen molar-refractivity contribution in [3.8, 4) is 6.07 Å². The van der Waals surface area contributed by atoms with Gasteiger partial charge in [0.05, 0.1) is 12.0 Å². The van der Waals surface area contributed by atoms with Crippen molar-refractivity contribution in [3.63, 3.8) is 0 Å². The molecule has 1 aliphatic heterocycles. The Kier molecular flexibility index (Phi) is 3.52. The normalized spacial score (nSPS) is 35.5. The molecule has 3 heteroatoms. The largest absolute Gasteiger partial charge is 0.330 e. The van der Waals surface area contributed by atoms with Gasteiger partial charge in [-0.2, -0.15) is 5.26 Å². The number of rotatable bonds is 3.